The minimum absolute atomic E-state index is 0.0681. The van der Waals surface area contributed by atoms with E-state index < -0.39 is 11.8 Å². The van der Waals surface area contributed by atoms with Crippen LogP contribution in [0.1, 0.15) is 28.4 Å². The van der Waals surface area contributed by atoms with E-state index in [9.17, 15) is 14.4 Å². The first-order valence-electron chi connectivity index (χ1n) is 13.7. The third-order valence-electron chi connectivity index (χ3n) is 6.71. The van der Waals surface area contributed by atoms with Crippen LogP contribution < -0.4 is 20.3 Å². The first-order chi connectivity index (χ1) is 20.5. The van der Waals surface area contributed by atoms with Crippen molar-refractivity contribution >= 4 is 46.9 Å². The smallest absolute Gasteiger partial charge is 0.272 e. The molecule has 0 aliphatic carbocycles. The van der Waals surface area contributed by atoms with Crippen molar-refractivity contribution in [1.29, 1.82) is 0 Å². The van der Waals surface area contributed by atoms with E-state index in [1.165, 1.54) is 17.3 Å². The van der Waals surface area contributed by atoms with Gasteiger partial charge in [0.2, 0.25) is 5.91 Å². The van der Waals surface area contributed by atoms with Gasteiger partial charge >= 0.3 is 0 Å². The molecule has 2 N–H and O–H groups in total. The predicted molar refractivity (Wildman–Crippen MR) is 168 cm³/mol. The summed E-state index contributed by atoms with van der Waals surface area (Å²) in [5.41, 5.74) is 3.92. The van der Waals surface area contributed by atoms with E-state index in [0.717, 1.165) is 17.0 Å². The van der Waals surface area contributed by atoms with Crippen LogP contribution in [0.15, 0.2) is 114 Å². The molecule has 0 bridgehead atoms. The summed E-state index contributed by atoms with van der Waals surface area (Å²) >= 11 is 1.45. The van der Waals surface area contributed by atoms with Crippen molar-refractivity contribution in [2.45, 2.75) is 18.2 Å². The van der Waals surface area contributed by atoms with E-state index in [-0.39, 0.29) is 11.6 Å². The Bertz CT molecular complexity index is 1600. The summed E-state index contributed by atoms with van der Waals surface area (Å²) in [4.78, 5) is 42.0. The van der Waals surface area contributed by atoms with Gasteiger partial charge in [-0.15, -0.1) is 11.8 Å². The number of fused-ring (bicyclic) bond motifs is 1. The molecule has 1 aliphatic heterocycles. The van der Waals surface area contributed by atoms with Crippen molar-refractivity contribution in [1.82, 2.24) is 5.32 Å². The number of hydrogen-bond acceptors (Lipinski definition) is 5. The molecule has 4 aromatic carbocycles. The molecule has 4 aromatic rings. The van der Waals surface area contributed by atoms with Crippen molar-refractivity contribution in [3.8, 4) is 5.75 Å². The zero-order valence-electron chi connectivity index (χ0n) is 23.2. The SMILES string of the molecule is CCOc1ccccc1/C=C(\NC(=O)c1ccccc1)C(=O)Nc1ccc(SCC(=O)N2CCc3ccccc32)cc1. The van der Waals surface area contributed by atoms with Crippen molar-refractivity contribution in [3.05, 3.63) is 126 Å². The van der Waals surface area contributed by atoms with Gasteiger partial charge in [-0.3, -0.25) is 14.4 Å². The van der Waals surface area contributed by atoms with E-state index in [4.69, 9.17) is 4.74 Å². The molecular weight excluding hydrogens is 546 g/mol. The quantitative estimate of drug-likeness (QED) is 0.174. The van der Waals surface area contributed by atoms with E-state index in [0.29, 0.717) is 41.5 Å². The highest BCUT2D eigenvalue weighted by molar-refractivity contribution is 8.00. The monoisotopic (exact) mass is 577 g/mol. The number of carbonyl (C=O) groups is 3. The molecule has 212 valence electrons. The predicted octanol–water partition coefficient (Wildman–Crippen LogP) is 6.18. The molecule has 1 heterocycles. The molecule has 0 saturated carbocycles. The Balaban J connectivity index is 1.27. The van der Waals surface area contributed by atoms with Gasteiger partial charge in [0.1, 0.15) is 11.4 Å². The van der Waals surface area contributed by atoms with Gasteiger partial charge in [0.15, 0.2) is 0 Å². The molecule has 0 fully saturated rings. The first-order valence-corrected chi connectivity index (χ1v) is 14.7. The van der Waals surface area contributed by atoms with Crippen LogP contribution in [-0.2, 0) is 16.0 Å². The lowest BCUT2D eigenvalue weighted by molar-refractivity contribution is -0.116. The van der Waals surface area contributed by atoms with Crippen LogP contribution in [0.2, 0.25) is 0 Å². The Morgan fingerprint density at radius 1 is 0.881 bits per heavy atom. The highest BCUT2D eigenvalue weighted by atomic mass is 32.2. The summed E-state index contributed by atoms with van der Waals surface area (Å²) < 4.78 is 5.71. The Kier molecular flexibility index (Phi) is 9.36. The van der Waals surface area contributed by atoms with Crippen LogP contribution in [0.25, 0.3) is 6.08 Å². The van der Waals surface area contributed by atoms with Crippen LogP contribution in [0.4, 0.5) is 11.4 Å². The lowest BCUT2D eigenvalue weighted by Crippen LogP contribution is -2.30. The van der Waals surface area contributed by atoms with Gasteiger partial charge in [0, 0.05) is 33.9 Å². The molecule has 3 amide bonds. The second-order valence-corrected chi connectivity index (χ2v) is 10.6. The first kappa shape index (κ1) is 28.7. The van der Waals surface area contributed by atoms with Crippen LogP contribution >= 0.6 is 11.8 Å². The number of amides is 3. The third kappa shape index (κ3) is 7.08. The molecule has 8 heteroatoms. The van der Waals surface area contributed by atoms with Crippen molar-refractivity contribution in [2.24, 2.45) is 0 Å². The van der Waals surface area contributed by atoms with Gasteiger partial charge in [-0.05, 0) is 73.5 Å². The molecule has 0 atom stereocenters. The van der Waals surface area contributed by atoms with Crippen LogP contribution in [0.3, 0.4) is 0 Å². The number of benzene rings is 4. The Morgan fingerprint density at radius 2 is 1.60 bits per heavy atom. The van der Waals surface area contributed by atoms with E-state index in [1.54, 1.807) is 42.5 Å². The third-order valence-corrected chi connectivity index (χ3v) is 7.71. The fourth-order valence-electron chi connectivity index (χ4n) is 4.64. The number of anilines is 2. The minimum Gasteiger partial charge on any atom is -0.493 e. The van der Waals surface area contributed by atoms with Gasteiger partial charge in [0.25, 0.3) is 11.8 Å². The summed E-state index contributed by atoms with van der Waals surface area (Å²) in [6, 6.07) is 31.3. The fourth-order valence-corrected chi connectivity index (χ4v) is 5.41. The summed E-state index contributed by atoms with van der Waals surface area (Å²) in [5, 5.41) is 5.63. The molecule has 1 aliphatic rings. The molecule has 7 nitrogen and oxygen atoms in total. The molecule has 0 saturated heterocycles. The maximum atomic E-state index is 13.4. The van der Waals surface area contributed by atoms with Crippen molar-refractivity contribution in [2.75, 3.05) is 29.1 Å². The van der Waals surface area contributed by atoms with Crippen molar-refractivity contribution < 1.29 is 19.1 Å². The number of nitrogens with zero attached hydrogens (tertiary/aromatic N) is 1. The summed E-state index contributed by atoms with van der Waals surface area (Å²) in [7, 11) is 0. The second-order valence-electron chi connectivity index (χ2n) is 9.54. The number of ether oxygens (including phenoxy) is 1. The number of para-hydroxylation sites is 2. The largest absolute Gasteiger partial charge is 0.493 e. The Labute approximate surface area is 249 Å². The Hall–Kier alpha value is -4.82. The van der Waals surface area contributed by atoms with Gasteiger partial charge in [0.05, 0.1) is 12.4 Å². The lowest BCUT2D eigenvalue weighted by Gasteiger charge is -2.17. The minimum atomic E-state index is -0.478. The van der Waals surface area contributed by atoms with Gasteiger partial charge in [-0.25, -0.2) is 0 Å². The maximum Gasteiger partial charge on any atom is 0.272 e. The van der Waals surface area contributed by atoms with E-state index in [1.807, 2.05) is 72.5 Å². The van der Waals surface area contributed by atoms with Gasteiger partial charge in [-0.2, -0.15) is 0 Å². The number of hydrogen-bond donors (Lipinski definition) is 2. The van der Waals surface area contributed by atoms with Gasteiger partial charge in [-0.1, -0.05) is 54.6 Å². The number of rotatable bonds is 10. The lowest BCUT2D eigenvalue weighted by atomic mass is 10.1. The maximum absolute atomic E-state index is 13.4. The molecular formula is C34H31N3O4S. The van der Waals surface area contributed by atoms with Crippen molar-refractivity contribution in [3.63, 3.8) is 0 Å². The average Bonchev–Trinajstić information content (AvgIpc) is 3.46. The summed E-state index contributed by atoms with van der Waals surface area (Å²) in [5.74, 6) is 0.112. The molecule has 0 aromatic heterocycles. The number of nitrogens with one attached hydrogen (secondary N) is 2. The average molecular weight is 578 g/mol. The van der Waals surface area contributed by atoms with E-state index in [2.05, 4.69) is 16.7 Å². The normalized spacial score (nSPS) is 12.4. The second kappa shape index (κ2) is 13.7. The van der Waals surface area contributed by atoms with E-state index >= 15 is 0 Å². The van der Waals surface area contributed by atoms with Gasteiger partial charge < -0.3 is 20.3 Å². The van der Waals surface area contributed by atoms with Crippen LogP contribution in [0.5, 0.6) is 5.75 Å². The van der Waals surface area contributed by atoms with Crippen LogP contribution in [-0.4, -0.2) is 36.6 Å². The molecule has 42 heavy (non-hydrogen) atoms. The standard InChI is InChI=1S/C34H31N3O4S/c1-2-41-31-15-9-7-13-26(31)22-29(36-33(39)25-11-4-3-5-12-25)34(40)35-27-16-18-28(19-17-27)42-23-32(38)37-21-20-24-10-6-8-14-30(24)37/h3-19,22H,2,20-21,23H2,1H3,(H,35,40)(H,36,39)/b29-22-. The molecule has 0 unspecified atom stereocenters. The zero-order chi connectivity index (χ0) is 29.3. The molecule has 0 radical (unpaired) electrons. The summed E-state index contributed by atoms with van der Waals surface area (Å²) in [6.07, 6.45) is 2.48. The topological polar surface area (TPSA) is 87.7 Å². The fraction of sp³-hybridized carbons (Fsp3) is 0.147. The van der Waals surface area contributed by atoms with Crippen LogP contribution in [0, 0.1) is 0 Å². The molecule has 0 spiro atoms. The zero-order valence-corrected chi connectivity index (χ0v) is 24.0. The number of carbonyl (C=O) groups excluding carboxylic acids is 3. The highest BCUT2D eigenvalue weighted by Gasteiger charge is 2.24. The number of thioether (sulfide) groups is 1. The Morgan fingerprint density at radius 3 is 2.38 bits per heavy atom. The summed E-state index contributed by atoms with van der Waals surface area (Å²) in [6.45, 7) is 3.05. The molecule has 5 rings (SSSR count). The highest BCUT2D eigenvalue weighted by Crippen LogP contribution is 2.29.